The topological polar surface area (TPSA) is 90.9 Å². The summed E-state index contributed by atoms with van der Waals surface area (Å²) < 4.78 is 5.06. The summed E-state index contributed by atoms with van der Waals surface area (Å²) in [6.45, 7) is 7.18. The summed E-state index contributed by atoms with van der Waals surface area (Å²) in [6.07, 6.45) is 2.31. The van der Waals surface area contributed by atoms with Crippen molar-refractivity contribution in [1.29, 1.82) is 0 Å². The highest BCUT2D eigenvalue weighted by atomic mass is 16.5. The van der Waals surface area contributed by atoms with Crippen LogP contribution < -0.4 is 10.6 Å². The van der Waals surface area contributed by atoms with Crippen LogP contribution in [0.2, 0.25) is 0 Å². The molecular formula is C28H41N3O4. The smallest absolute Gasteiger partial charge is 0.253 e. The third-order valence-corrected chi connectivity index (χ3v) is 5.78. The maximum Gasteiger partial charge on any atom is 0.253 e. The molecule has 3 N–H and O–H groups in total. The number of hydrogen-bond donors (Lipinski definition) is 3. The molecule has 0 spiro atoms. The molecule has 0 fully saturated rings. The first-order chi connectivity index (χ1) is 17.0. The Morgan fingerprint density at radius 2 is 1.69 bits per heavy atom. The minimum Gasteiger partial charge on any atom is -0.390 e. The first kappa shape index (κ1) is 28.5. The second-order valence-corrected chi connectivity index (χ2v) is 8.76. The molecule has 0 aliphatic rings. The van der Waals surface area contributed by atoms with E-state index in [1.807, 2.05) is 49.1 Å². The van der Waals surface area contributed by atoms with E-state index in [0.29, 0.717) is 50.3 Å². The van der Waals surface area contributed by atoms with Crippen LogP contribution >= 0.6 is 0 Å². The molecule has 2 rings (SSSR count). The van der Waals surface area contributed by atoms with Gasteiger partial charge in [-0.1, -0.05) is 50.2 Å². The Bertz CT molecular complexity index is 885. The molecular weight excluding hydrogens is 442 g/mol. The molecule has 0 aliphatic heterocycles. The predicted molar refractivity (Wildman–Crippen MR) is 140 cm³/mol. The van der Waals surface area contributed by atoms with Crippen LogP contribution in [0.3, 0.4) is 0 Å². The molecule has 0 unspecified atom stereocenters. The summed E-state index contributed by atoms with van der Waals surface area (Å²) in [5.74, 6) is -0.374. The van der Waals surface area contributed by atoms with E-state index in [0.717, 1.165) is 24.8 Å². The van der Waals surface area contributed by atoms with Gasteiger partial charge in [-0.15, -0.1) is 0 Å². The van der Waals surface area contributed by atoms with Crippen LogP contribution in [-0.4, -0.2) is 73.9 Å². The molecule has 7 heteroatoms. The van der Waals surface area contributed by atoms with Gasteiger partial charge in [0.1, 0.15) is 0 Å². The van der Waals surface area contributed by atoms with Gasteiger partial charge in [0.05, 0.1) is 12.1 Å². The minimum atomic E-state index is -0.781. The average molecular weight is 484 g/mol. The van der Waals surface area contributed by atoms with Crippen molar-refractivity contribution in [2.24, 2.45) is 0 Å². The fourth-order valence-electron chi connectivity index (χ4n) is 3.97. The van der Waals surface area contributed by atoms with Gasteiger partial charge in [-0.25, -0.2) is 0 Å². The Morgan fingerprint density at radius 1 is 1.00 bits per heavy atom. The van der Waals surface area contributed by atoms with Crippen LogP contribution in [0.25, 0.3) is 0 Å². The zero-order chi connectivity index (χ0) is 25.5. The number of rotatable bonds is 16. The van der Waals surface area contributed by atoms with Crippen molar-refractivity contribution in [2.75, 3.05) is 39.9 Å². The van der Waals surface area contributed by atoms with E-state index in [-0.39, 0.29) is 11.8 Å². The third-order valence-electron chi connectivity index (χ3n) is 5.78. The number of carbonyl (C=O) groups is 2. The van der Waals surface area contributed by atoms with Crippen LogP contribution in [0.1, 0.15) is 59.4 Å². The largest absolute Gasteiger partial charge is 0.390 e. The van der Waals surface area contributed by atoms with E-state index < -0.39 is 12.1 Å². The zero-order valence-electron chi connectivity index (χ0n) is 21.3. The van der Waals surface area contributed by atoms with Crippen molar-refractivity contribution >= 4 is 11.8 Å². The van der Waals surface area contributed by atoms with Gasteiger partial charge in [0, 0.05) is 44.5 Å². The molecule has 2 atom stereocenters. The zero-order valence-corrected chi connectivity index (χ0v) is 21.3. The number of amides is 2. The van der Waals surface area contributed by atoms with Crippen LogP contribution in [-0.2, 0) is 11.2 Å². The molecule has 0 aliphatic carbocycles. The van der Waals surface area contributed by atoms with Gasteiger partial charge in [-0.3, -0.25) is 9.59 Å². The fourth-order valence-corrected chi connectivity index (χ4v) is 3.97. The highest BCUT2D eigenvalue weighted by Gasteiger charge is 2.23. The van der Waals surface area contributed by atoms with Gasteiger partial charge in [-0.05, 0) is 56.0 Å². The Balaban J connectivity index is 2.12. The summed E-state index contributed by atoms with van der Waals surface area (Å²) in [5.41, 5.74) is 1.93. The molecule has 7 nitrogen and oxygen atoms in total. The Labute approximate surface area is 209 Å². The Kier molecular flexibility index (Phi) is 13.0. The molecule has 0 saturated heterocycles. The molecule has 0 radical (unpaired) electrons. The average Bonchev–Trinajstić information content (AvgIpc) is 2.88. The maximum absolute atomic E-state index is 13.2. The van der Waals surface area contributed by atoms with Crippen molar-refractivity contribution < 1.29 is 19.4 Å². The number of nitrogens with one attached hydrogen (secondary N) is 2. The van der Waals surface area contributed by atoms with E-state index in [1.165, 1.54) is 0 Å². The Morgan fingerprint density at radius 3 is 2.34 bits per heavy atom. The van der Waals surface area contributed by atoms with E-state index in [9.17, 15) is 14.7 Å². The van der Waals surface area contributed by atoms with Crippen molar-refractivity contribution in [2.45, 2.75) is 51.7 Å². The van der Waals surface area contributed by atoms with Crippen molar-refractivity contribution in [3.8, 4) is 0 Å². The van der Waals surface area contributed by atoms with E-state index in [1.54, 1.807) is 31.4 Å². The molecule has 2 aromatic carbocycles. The van der Waals surface area contributed by atoms with Crippen molar-refractivity contribution in [1.82, 2.24) is 15.5 Å². The normalized spacial score (nSPS) is 12.7. The van der Waals surface area contributed by atoms with Gasteiger partial charge in [0.15, 0.2) is 0 Å². The third kappa shape index (κ3) is 9.80. The van der Waals surface area contributed by atoms with Crippen LogP contribution in [0, 0.1) is 0 Å². The number of carbonyl (C=O) groups excluding carboxylic acids is 2. The second-order valence-electron chi connectivity index (χ2n) is 8.76. The van der Waals surface area contributed by atoms with Crippen LogP contribution in [0.4, 0.5) is 0 Å². The highest BCUT2D eigenvalue weighted by Crippen LogP contribution is 2.12. The summed E-state index contributed by atoms with van der Waals surface area (Å²) in [4.78, 5) is 28.0. The second kappa shape index (κ2) is 16.0. The lowest BCUT2D eigenvalue weighted by Gasteiger charge is -2.25. The lowest BCUT2D eigenvalue weighted by molar-refractivity contribution is 0.0755. The molecule has 192 valence electrons. The molecule has 35 heavy (non-hydrogen) atoms. The van der Waals surface area contributed by atoms with Gasteiger partial charge in [0.2, 0.25) is 0 Å². The number of hydrogen-bond acceptors (Lipinski definition) is 5. The van der Waals surface area contributed by atoms with Crippen LogP contribution in [0.15, 0.2) is 54.6 Å². The number of aliphatic hydroxyl groups is 1. The lowest BCUT2D eigenvalue weighted by atomic mass is 10.00. The molecule has 2 amide bonds. The molecule has 0 saturated carbocycles. The fraction of sp³-hybridized carbons (Fsp3) is 0.500. The van der Waals surface area contributed by atoms with Crippen LogP contribution in [0.5, 0.6) is 0 Å². The monoisotopic (exact) mass is 483 g/mol. The first-order valence-electron chi connectivity index (χ1n) is 12.6. The maximum atomic E-state index is 13.2. The number of nitrogens with zero attached hydrogens (tertiary/aromatic N) is 1. The molecule has 2 aromatic rings. The number of ether oxygens (including phenoxy) is 1. The summed E-state index contributed by atoms with van der Waals surface area (Å²) in [7, 11) is 1.66. The van der Waals surface area contributed by atoms with E-state index in [2.05, 4.69) is 10.6 Å². The number of methoxy groups -OCH3 is 1. The first-order valence-corrected chi connectivity index (χ1v) is 12.6. The van der Waals surface area contributed by atoms with Crippen molar-refractivity contribution in [3.05, 3.63) is 71.3 Å². The van der Waals surface area contributed by atoms with Gasteiger partial charge >= 0.3 is 0 Å². The van der Waals surface area contributed by atoms with Crippen molar-refractivity contribution in [3.63, 3.8) is 0 Å². The lowest BCUT2D eigenvalue weighted by Crippen LogP contribution is -2.49. The predicted octanol–water partition coefficient (Wildman–Crippen LogP) is 3.28. The molecule has 0 heterocycles. The number of benzene rings is 2. The number of aliphatic hydroxyl groups excluding tert-OH is 1. The highest BCUT2D eigenvalue weighted by molar-refractivity contribution is 5.99. The van der Waals surface area contributed by atoms with Gasteiger partial charge in [-0.2, -0.15) is 0 Å². The quantitative estimate of drug-likeness (QED) is 0.319. The summed E-state index contributed by atoms with van der Waals surface area (Å²) >= 11 is 0. The summed E-state index contributed by atoms with van der Waals surface area (Å²) in [6, 6.07) is 16.1. The molecule has 0 bridgehead atoms. The molecule has 0 aromatic heterocycles. The van der Waals surface area contributed by atoms with Gasteiger partial charge in [0.25, 0.3) is 11.8 Å². The minimum absolute atomic E-state index is 0.0653. The standard InChI is InChI=1S/C28H41N3O4/c1-4-16-31(17-5-2)28(34)24-14-9-13-23(20-24)27(33)30-25(19-22-11-7-6-8-12-22)26(32)21-29-15-10-18-35-3/h6-9,11-14,20,25-26,29,32H,4-5,10,15-19,21H2,1-3H3,(H,30,33)/t25-,26+/m0/s1. The van der Waals surface area contributed by atoms with E-state index >= 15 is 0 Å². The summed E-state index contributed by atoms with van der Waals surface area (Å²) in [5, 5.41) is 17.1. The van der Waals surface area contributed by atoms with E-state index in [4.69, 9.17) is 4.74 Å². The SMILES string of the molecule is CCCN(CCC)C(=O)c1cccc(C(=O)N[C@@H](Cc2ccccc2)[C@H](O)CNCCCOC)c1. The van der Waals surface area contributed by atoms with Gasteiger partial charge < -0.3 is 25.4 Å². The Hall–Kier alpha value is -2.74.